The smallest absolute Gasteiger partial charge is 0.246 e. The highest BCUT2D eigenvalue weighted by atomic mass is 16.5. The standard InChI is InChI=1S/C6H13NO2/c1-4(2)5(9-3)6(7)8/h4-5H,1-3H3,(H2,7,8)/t5-/m0/s1. The minimum Gasteiger partial charge on any atom is -0.371 e. The highest BCUT2D eigenvalue weighted by Crippen LogP contribution is 2.03. The Morgan fingerprint density at radius 3 is 2.00 bits per heavy atom. The van der Waals surface area contributed by atoms with Gasteiger partial charge in [-0.2, -0.15) is 0 Å². The van der Waals surface area contributed by atoms with Crippen LogP contribution in [-0.4, -0.2) is 19.1 Å². The maximum absolute atomic E-state index is 10.5. The molecule has 0 saturated heterocycles. The second kappa shape index (κ2) is 3.45. The molecule has 0 rings (SSSR count). The Morgan fingerprint density at radius 1 is 1.56 bits per heavy atom. The number of nitrogens with two attached hydrogens (primary N) is 1. The van der Waals surface area contributed by atoms with Gasteiger partial charge in [-0.1, -0.05) is 13.8 Å². The van der Waals surface area contributed by atoms with Crippen LogP contribution in [0.4, 0.5) is 0 Å². The van der Waals surface area contributed by atoms with E-state index in [1.165, 1.54) is 7.11 Å². The summed E-state index contributed by atoms with van der Waals surface area (Å²) in [4.78, 5) is 10.5. The zero-order valence-electron chi connectivity index (χ0n) is 6.05. The molecule has 1 atom stereocenters. The Morgan fingerprint density at radius 2 is 2.00 bits per heavy atom. The molecule has 0 spiro atoms. The zero-order chi connectivity index (χ0) is 7.44. The highest BCUT2D eigenvalue weighted by molar-refractivity contribution is 5.79. The molecule has 9 heavy (non-hydrogen) atoms. The normalized spacial score (nSPS) is 13.8. The first kappa shape index (κ1) is 8.43. The van der Waals surface area contributed by atoms with Gasteiger partial charge in [0.05, 0.1) is 0 Å². The maximum atomic E-state index is 10.5. The van der Waals surface area contributed by atoms with E-state index in [4.69, 9.17) is 10.5 Å². The lowest BCUT2D eigenvalue weighted by Crippen LogP contribution is -2.34. The fourth-order valence-corrected chi connectivity index (χ4v) is 0.717. The summed E-state index contributed by atoms with van der Waals surface area (Å²) >= 11 is 0. The van der Waals surface area contributed by atoms with Crippen molar-refractivity contribution >= 4 is 5.91 Å². The molecule has 0 unspecified atom stereocenters. The third-order valence-corrected chi connectivity index (χ3v) is 1.14. The van der Waals surface area contributed by atoms with Crippen LogP contribution < -0.4 is 5.73 Å². The number of carbonyl (C=O) groups excluding carboxylic acids is 1. The van der Waals surface area contributed by atoms with Gasteiger partial charge < -0.3 is 10.5 Å². The summed E-state index contributed by atoms with van der Waals surface area (Å²) in [6.45, 7) is 3.78. The van der Waals surface area contributed by atoms with Crippen molar-refractivity contribution in [2.24, 2.45) is 11.7 Å². The predicted molar refractivity (Wildman–Crippen MR) is 34.8 cm³/mol. The molecular weight excluding hydrogens is 118 g/mol. The van der Waals surface area contributed by atoms with E-state index >= 15 is 0 Å². The van der Waals surface area contributed by atoms with E-state index in [0.29, 0.717) is 0 Å². The van der Waals surface area contributed by atoms with Crippen molar-refractivity contribution in [1.82, 2.24) is 0 Å². The van der Waals surface area contributed by atoms with Crippen LogP contribution >= 0.6 is 0 Å². The van der Waals surface area contributed by atoms with Crippen LogP contribution in [0.15, 0.2) is 0 Å². The molecule has 0 aliphatic carbocycles. The first-order valence-corrected chi connectivity index (χ1v) is 2.91. The lowest BCUT2D eigenvalue weighted by molar-refractivity contribution is -0.130. The molecule has 0 aliphatic rings. The van der Waals surface area contributed by atoms with Crippen molar-refractivity contribution in [3.05, 3.63) is 0 Å². The van der Waals surface area contributed by atoms with Crippen LogP contribution in [0.3, 0.4) is 0 Å². The molecule has 2 N–H and O–H groups in total. The molecule has 0 heterocycles. The van der Waals surface area contributed by atoms with Crippen LogP contribution in [0.5, 0.6) is 0 Å². The van der Waals surface area contributed by atoms with E-state index in [2.05, 4.69) is 0 Å². The third kappa shape index (κ3) is 2.46. The third-order valence-electron chi connectivity index (χ3n) is 1.14. The van der Waals surface area contributed by atoms with Gasteiger partial charge in [0, 0.05) is 7.11 Å². The van der Waals surface area contributed by atoms with Gasteiger partial charge in [-0.15, -0.1) is 0 Å². The fraction of sp³-hybridized carbons (Fsp3) is 0.833. The quantitative estimate of drug-likeness (QED) is 0.592. The summed E-state index contributed by atoms with van der Waals surface area (Å²) in [6.07, 6.45) is -0.440. The minimum absolute atomic E-state index is 0.160. The first-order chi connectivity index (χ1) is 4.09. The molecule has 0 aromatic rings. The van der Waals surface area contributed by atoms with E-state index < -0.39 is 12.0 Å². The molecule has 0 fully saturated rings. The number of ether oxygens (including phenoxy) is 1. The van der Waals surface area contributed by atoms with E-state index in [1.807, 2.05) is 13.8 Å². The Kier molecular flexibility index (Phi) is 3.24. The fourth-order valence-electron chi connectivity index (χ4n) is 0.717. The summed E-state index contributed by atoms with van der Waals surface area (Å²) in [6, 6.07) is 0. The van der Waals surface area contributed by atoms with E-state index in [0.717, 1.165) is 0 Å². The van der Waals surface area contributed by atoms with Crippen molar-refractivity contribution in [2.45, 2.75) is 20.0 Å². The summed E-state index contributed by atoms with van der Waals surface area (Å²) in [5.74, 6) is -0.236. The zero-order valence-corrected chi connectivity index (χ0v) is 6.05. The van der Waals surface area contributed by atoms with Gasteiger partial charge in [-0.3, -0.25) is 4.79 Å². The van der Waals surface area contributed by atoms with Crippen molar-refractivity contribution < 1.29 is 9.53 Å². The van der Waals surface area contributed by atoms with Crippen LogP contribution in [0.25, 0.3) is 0 Å². The second-order valence-corrected chi connectivity index (χ2v) is 2.30. The van der Waals surface area contributed by atoms with E-state index in [9.17, 15) is 4.79 Å². The molecule has 0 aliphatic heterocycles. The Labute approximate surface area is 55.2 Å². The van der Waals surface area contributed by atoms with Crippen LogP contribution in [-0.2, 0) is 9.53 Å². The van der Waals surface area contributed by atoms with Gasteiger partial charge in [0.2, 0.25) is 5.91 Å². The summed E-state index contributed by atoms with van der Waals surface area (Å²) in [7, 11) is 1.48. The Hall–Kier alpha value is -0.570. The first-order valence-electron chi connectivity index (χ1n) is 2.91. The van der Waals surface area contributed by atoms with Crippen molar-refractivity contribution in [3.63, 3.8) is 0 Å². The number of amides is 1. The van der Waals surface area contributed by atoms with Crippen LogP contribution in [0, 0.1) is 5.92 Å². The van der Waals surface area contributed by atoms with Gasteiger partial charge in [-0.25, -0.2) is 0 Å². The number of methoxy groups -OCH3 is 1. The Balaban J connectivity index is 3.83. The average Bonchev–Trinajstić information content (AvgIpc) is 1.64. The number of hydrogen-bond acceptors (Lipinski definition) is 2. The maximum Gasteiger partial charge on any atom is 0.246 e. The molecule has 0 radical (unpaired) electrons. The summed E-state index contributed by atoms with van der Waals surface area (Å²) in [5.41, 5.74) is 4.98. The Bertz CT molecular complexity index is 101. The highest BCUT2D eigenvalue weighted by Gasteiger charge is 2.17. The van der Waals surface area contributed by atoms with Crippen molar-refractivity contribution in [1.29, 1.82) is 0 Å². The number of carbonyl (C=O) groups is 1. The molecule has 3 heteroatoms. The van der Waals surface area contributed by atoms with Crippen molar-refractivity contribution in [3.8, 4) is 0 Å². The molecule has 0 aromatic carbocycles. The summed E-state index contributed by atoms with van der Waals surface area (Å²) in [5, 5.41) is 0. The molecule has 1 amide bonds. The lowest BCUT2D eigenvalue weighted by Gasteiger charge is -2.13. The molecule has 54 valence electrons. The van der Waals surface area contributed by atoms with Crippen molar-refractivity contribution in [2.75, 3.05) is 7.11 Å². The van der Waals surface area contributed by atoms with Gasteiger partial charge in [-0.05, 0) is 5.92 Å². The molecule has 3 nitrogen and oxygen atoms in total. The SMILES string of the molecule is CO[C@H](C(N)=O)C(C)C. The van der Waals surface area contributed by atoms with Gasteiger partial charge in [0.1, 0.15) is 6.10 Å². The topological polar surface area (TPSA) is 52.3 Å². The van der Waals surface area contributed by atoms with E-state index in [-0.39, 0.29) is 5.92 Å². The van der Waals surface area contributed by atoms with Gasteiger partial charge >= 0.3 is 0 Å². The lowest BCUT2D eigenvalue weighted by atomic mass is 10.1. The molecular formula is C6H13NO2. The van der Waals surface area contributed by atoms with Crippen LogP contribution in [0.1, 0.15) is 13.8 Å². The van der Waals surface area contributed by atoms with Gasteiger partial charge in [0.25, 0.3) is 0 Å². The second-order valence-electron chi connectivity index (χ2n) is 2.30. The minimum atomic E-state index is -0.440. The van der Waals surface area contributed by atoms with E-state index in [1.54, 1.807) is 0 Å². The predicted octanol–water partition coefficient (Wildman–Crippen LogP) is 0.143. The molecule has 0 saturated carbocycles. The summed E-state index contributed by atoms with van der Waals surface area (Å²) < 4.78 is 4.80. The number of rotatable bonds is 3. The molecule has 0 aromatic heterocycles. The largest absolute Gasteiger partial charge is 0.371 e. The van der Waals surface area contributed by atoms with Gasteiger partial charge in [0.15, 0.2) is 0 Å². The average molecular weight is 131 g/mol. The molecule has 0 bridgehead atoms. The number of hydrogen-bond donors (Lipinski definition) is 1. The number of primary amides is 1. The monoisotopic (exact) mass is 131 g/mol. The van der Waals surface area contributed by atoms with Crippen LogP contribution in [0.2, 0.25) is 0 Å².